The summed E-state index contributed by atoms with van der Waals surface area (Å²) >= 11 is 0. The smallest absolute Gasteiger partial charge is 0.170 e. The summed E-state index contributed by atoms with van der Waals surface area (Å²) in [5.41, 5.74) is 11.1. The summed E-state index contributed by atoms with van der Waals surface area (Å²) in [6.45, 7) is 6.12. The summed E-state index contributed by atoms with van der Waals surface area (Å²) in [7, 11) is 4.11. The fourth-order valence-corrected chi connectivity index (χ4v) is 4.28. The number of ether oxygens (including phenoxy) is 1. The molecule has 1 atom stereocenters. The second kappa shape index (κ2) is 5.78. The normalized spacial score (nSPS) is 23.3. The van der Waals surface area contributed by atoms with Crippen molar-refractivity contribution in [2.75, 3.05) is 42.8 Å². The molecule has 4 heteroatoms. The molecule has 0 radical (unpaired) electrons. The first-order valence-corrected chi connectivity index (χ1v) is 9.13. The molecule has 0 spiro atoms. The van der Waals surface area contributed by atoms with Crippen molar-refractivity contribution >= 4 is 23.1 Å². The Labute approximate surface area is 155 Å². The summed E-state index contributed by atoms with van der Waals surface area (Å²) in [6.07, 6.45) is 4.40. The number of rotatable bonds is 3. The molecular formula is C22H27N3O. The lowest BCUT2D eigenvalue weighted by molar-refractivity contribution is 0.000349. The minimum Gasteiger partial charge on any atom is -0.399 e. The third-order valence-corrected chi connectivity index (χ3v) is 5.83. The van der Waals surface area contributed by atoms with Gasteiger partial charge in [-0.25, -0.2) is 0 Å². The Morgan fingerprint density at radius 2 is 1.85 bits per heavy atom. The lowest BCUT2D eigenvalue weighted by Crippen LogP contribution is -2.51. The van der Waals surface area contributed by atoms with E-state index < -0.39 is 5.72 Å². The van der Waals surface area contributed by atoms with Crippen LogP contribution in [0.25, 0.3) is 6.08 Å². The van der Waals surface area contributed by atoms with Crippen molar-refractivity contribution in [3.63, 3.8) is 0 Å². The number of hydrogen-bond donors (Lipinski definition) is 1. The second-order valence-electron chi connectivity index (χ2n) is 7.92. The Hall–Kier alpha value is -2.46. The molecule has 4 rings (SSSR count). The van der Waals surface area contributed by atoms with E-state index in [4.69, 9.17) is 10.5 Å². The van der Waals surface area contributed by atoms with Gasteiger partial charge in [-0.1, -0.05) is 32.1 Å². The van der Waals surface area contributed by atoms with E-state index in [1.54, 1.807) is 0 Å². The molecule has 0 aromatic heterocycles. The highest BCUT2D eigenvalue weighted by atomic mass is 16.5. The third kappa shape index (κ3) is 2.32. The molecule has 26 heavy (non-hydrogen) atoms. The van der Waals surface area contributed by atoms with Gasteiger partial charge in [0.15, 0.2) is 5.72 Å². The van der Waals surface area contributed by atoms with Gasteiger partial charge >= 0.3 is 0 Å². The summed E-state index contributed by atoms with van der Waals surface area (Å²) in [4.78, 5) is 4.49. The van der Waals surface area contributed by atoms with Gasteiger partial charge in [0, 0.05) is 43.1 Å². The number of nitrogen functional groups attached to an aromatic ring is 1. The number of hydrogen-bond acceptors (Lipinski definition) is 4. The van der Waals surface area contributed by atoms with Crippen molar-refractivity contribution in [1.82, 2.24) is 0 Å². The first kappa shape index (κ1) is 17.0. The third-order valence-electron chi connectivity index (χ3n) is 5.83. The van der Waals surface area contributed by atoms with E-state index in [2.05, 4.69) is 86.3 Å². The highest BCUT2D eigenvalue weighted by Gasteiger charge is 2.59. The van der Waals surface area contributed by atoms with Crippen LogP contribution < -0.4 is 15.5 Å². The van der Waals surface area contributed by atoms with Gasteiger partial charge in [0.2, 0.25) is 0 Å². The lowest BCUT2D eigenvalue weighted by Gasteiger charge is -2.39. The Morgan fingerprint density at radius 3 is 2.54 bits per heavy atom. The first-order valence-electron chi connectivity index (χ1n) is 9.13. The van der Waals surface area contributed by atoms with Crippen molar-refractivity contribution in [3.05, 3.63) is 59.7 Å². The first-order chi connectivity index (χ1) is 12.3. The van der Waals surface area contributed by atoms with Crippen LogP contribution in [0.1, 0.15) is 25.0 Å². The van der Waals surface area contributed by atoms with E-state index in [1.165, 1.54) is 22.5 Å². The maximum Gasteiger partial charge on any atom is 0.170 e. The Balaban J connectivity index is 1.73. The van der Waals surface area contributed by atoms with Crippen LogP contribution in [0.4, 0.5) is 17.1 Å². The zero-order chi connectivity index (χ0) is 18.5. The van der Waals surface area contributed by atoms with Crippen molar-refractivity contribution in [2.24, 2.45) is 0 Å². The molecule has 1 unspecified atom stereocenters. The van der Waals surface area contributed by atoms with Crippen LogP contribution in [0.2, 0.25) is 0 Å². The molecule has 0 aliphatic carbocycles. The number of anilines is 3. The molecule has 0 saturated carbocycles. The summed E-state index contributed by atoms with van der Waals surface area (Å²) in [6, 6.07) is 14.8. The maximum atomic E-state index is 6.38. The van der Waals surface area contributed by atoms with Crippen molar-refractivity contribution in [2.45, 2.75) is 25.0 Å². The molecule has 2 aromatic rings. The Bertz CT molecular complexity index is 854. The van der Waals surface area contributed by atoms with Gasteiger partial charge < -0.3 is 20.3 Å². The largest absolute Gasteiger partial charge is 0.399 e. The fourth-order valence-electron chi connectivity index (χ4n) is 4.28. The number of nitrogens with zero attached hydrogens (tertiary/aromatic N) is 2. The minimum atomic E-state index is -0.469. The van der Waals surface area contributed by atoms with E-state index in [0.717, 1.165) is 18.8 Å². The topological polar surface area (TPSA) is 41.7 Å². The lowest BCUT2D eigenvalue weighted by atomic mass is 9.77. The van der Waals surface area contributed by atoms with E-state index in [-0.39, 0.29) is 5.41 Å². The molecule has 0 bridgehead atoms. The predicted molar refractivity (Wildman–Crippen MR) is 110 cm³/mol. The molecule has 2 aliphatic rings. The van der Waals surface area contributed by atoms with E-state index in [1.807, 2.05) is 6.07 Å². The average Bonchev–Trinajstić information content (AvgIpc) is 3.11. The Kier molecular flexibility index (Phi) is 3.77. The molecule has 2 heterocycles. The molecule has 136 valence electrons. The fraction of sp³-hybridized carbons (Fsp3) is 0.364. The summed E-state index contributed by atoms with van der Waals surface area (Å²) in [5, 5.41) is 0. The SMILES string of the molecule is CN(C)c1ccc(/C=C/C23OCCN2c2ccc(N)cc2C3(C)C)cc1. The highest BCUT2D eigenvalue weighted by Crippen LogP contribution is 2.55. The molecule has 2 N–H and O–H groups in total. The second-order valence-corrected chi connectivity index (χ2v) is 7.92. The van der Waals surface area contributed by atoms with Gasteiger partial charge in [-0.15, -0.1) is 0 Å². The highest BCUT2D eigenvalue weighted by molar-refractivity contribution is 5.72. The van der Waals surface area contributed by atoms with Crippen LogP contribution in [-0.4, -0.2) is 33.0 Å². The van der Waals surface area contributed by atoms with Gasteiger partial charge in [0.25, 0.3) is 0 Å². The zero-order valence-electron chi connectivity index (χ0n) is 16.0. The van der Waals surface area contributed by atoms with E-state index >= 15 is 0 Å². The maximum absolute atomic E-state index is 6.38. The monoisotopic (exact) mass is 349 g/mol. The summed E-state index contributed by atoms with van der Waals surface area (Å²) < 4.78 is 6.38. The van der Waals surface area contributed by atoms with Gasteiger partial charge in [-0.05, 0) is 47.5 Å². The standard InChI is InChI=1S/C22H27N3O/c1-21(2)19-15-17(23)7-10-20(19)25-13-14-26-22(21,25)12-11-16-5-8-18(9-6-16)24(3)4/h5-12,15H,13-14,23H2,1-4H3/b12-11+. The van der Waals surface area contributed by atoms with Crippen LogP contribution >= 0.6 is 0 Å². The molecule has 0 amide bonds. The number of fused-ring (bicyclic) bond motifs is 3. The quantitative estimate of drug-likeness (QED) is 0.854. The molecule has 4 nitrogen and oxygen atoms in total. The van der Waals surface area contributed by atoms with Crippen LogP contribution in [0.15, 0.2) is 48.5 Å². The van der Waals surface area contributed by atoms with Gasteiger partial charge in [0.1, 0.15) is 0 Å². The van der Waals surface area contributed by atoms with Gasteiger partial charge in [-0.2, -0.15) is 0 Å². The van der Waals surface area contributed by atoms with Crippen molar-refractivity contribution < 1.29 is 4.74 Å². The summed E-state index contributed by atoms with van der Waals surface area (Å²) in [5.74, 6) is 0. The van der Waals surface area contributed by atoms with Gasteiger partial charge in [-0.3, -0.25) is 0 Å². The van der Waals surface area contributed by atoms with Crippen LogP contribution in [0.3, 0.4) is 0 Å². The number of benzene rings is 2. The van der Waals surface area contributed by atoms with Crippen molar-refractivity contribution in [1.29, 1.82) is 0 Å². The average molecular weight is 349 g/mol. The van der Waals surface area contributed by atoms with Crippen LogP contribution in [-0.2, 0) is 10.2 Å². The van der Waals surface area contributed by atoms with Gasteiger partial charge in [0.05, 0.1) is 6.61 Å². The molecule has 2 aliphatic heterocycles. The van der Waals surface area contributed by atoms with E-state index in [9.17, 15) is 0 Å². The molecule has 2 aromatic carbocycles. The Morgan fingerprint density at radius 1 is 1.12 bits per heavy atom. The molecule has 1 saturated heterocycles. The van der Waals surface area contributed by atoms with Crippen LogP contribution in [0.5, 0.6) is 0 Å². The minimum absolute atomic E-state index is 0.186. The number of nitrogens with two attached hydrogens (primary N) is 1. The zero-order valence-corrected chi connectivity index (χ0v) is 16.0. The molecule has 1 fully saturated rings. The molecular weight excluding hydrogens is 322 g/mol. The van der Waals surface area contributed by atoms with Crippen LogP contribution in [0, 0.1) is 0 Å². The predicted octanol–water partition coefficient (Wildman–Crippen LogP) is 3.87. The van der Waals surface area contributed by atoms with E-state index in [0.29, 0.717) is 0 Å². The van der Waals surface area contributed by atoms with Crippen molar-refractivity contribution in [3.8, 4) is 0 Å².